The summed E-state index contributed by atoms with van der Waals surface area (Å²) < 4.78 is 10.6. The van der Waals surface area contributed by atoms with E-state index in [0.29, 0.717) is 28.8 Å². The van der Waals surface area contributed by atoms with E-state index in [1.807, 2.05) is 30.3 Å². The Labute approximate surface area is 202 Å². The quantitative estimate of drug-likeness (QED) is 0.496. The molecule has 4 rings (SSSR count). The largest absolute Gasteiger partial charge is 0.497 e. The Morgan fingerprint density at radius 3 is 2.70 bits per heavy atom. The number of carbonyl (C=O) groups is 1. The molecule has 1 aliphatic heterocycles. The summed E-state index contributed by atoms with van der Waals surface area (Å²) >= 11 is 7.96. The average Bonchev–Trinajstić information content (AvgIpc) is 2.86. The summed E-state index contributed by atoms with van der Waals surface area (Å²) in [6, 6.07) is 13.4. The minimum Gasteiger partial charge on any atom is -0.497 e. The van der Waals surface area contributed by atoms with Crippen molar-refractivity contribution in [3.05, 3.63) is 59.9 Å². The Kier molecular flexibility index (Phi) is 7.57. The number of ether oxygens (including phenoxy) is 2. The number of anilines is 2. The molecule has 1 N–H and O–H groups in total. The van der Waals surface area contributed by atoms with E-state index < -0.39 is 0 Å². The van der Waals surface area contributed by atoms with Gasteiger partial charge in [-0.1, -0.05) is 41.6 Å². The van der Waals surface area contributed by atoms with Crippen molar-refractivity contribution in [3.63, 3.8) is 0 Å². The van der Waals surface area contributed by atoms with Crippen molar-refractivity contribution in [1.82, 2.24) is 9.97 Å². The monoisotopic (exact) mass is 484 g/mol. The number of rotatable bonds is 7. The number of methoxy groups -OCH3 is 2. The van der Waals surface area contributed by atoms with Gasteiger partial charge in [0, 0.05) is 42.5 Å². The SMILES string of the molecule is COc1cc(Cl)c(NC(=O)[C@@H]2CCCN(c3nccnc3Sc3ccccc3)C2)c(OC)c1. The number of carbonyl (C=O) groups excluding carboxylic acids is 1. The fourth-order valence-electron chi connectivity index (χ4n) is 3.77. The zero-order valence-corrected chi connectivity index (χ0v) is 20.0. The van der Waals surface area contributed by atoms with Crippen molar-refractivity contribution < 1.29 is 14.3 Å². The highest BCUT2D eigenvalue weighted by molar-refractivity contribution is 7.99. The molecule has 3 aromatic rings. The molecule has 0 bridgehead atoms. The Morgan fingerprint density at radius 1 is 1.15 bits per heavy atom. The number of hydrogen-bond donors (Lipinski definition) is 1. The maximum atomic E-state index is 13.2. The first kappa shape index (κ1) is 23.2. The molecule has 1 amide bonds. The van der Waals surface area contributed by atoms with Crippen LogP contribution >= 0.6 is 23.4 Å². The van der Waals surface area contributed by atoms with Gasteiger partial charge in [-0.05, 0) is 25.0 Å². The van der Waals surface area contributed by atoms with Crippen LogP contribution in [-0.4, -0.2) is 43.2 Å². The van der Waals surface area contributed by atoms with Crippen molar-refractivity contribution in [3.8, 4) is 11.5 Å². The molecule has 0 radical (unpaired) electrons. The third-order valence-corrected chi connectivity index (χ3v) is 6.71. The summed E-state index contributed by atoms with van der Waals surface area (Å²) in [6.07, 6.45) is 5.04. The van der Waals surface area contributed by atoms with E-state index in [1.54, 1.807) is 43.4 Å². The van der Waals surface area contributed by atoms with Crippen molar-refractivity contribution in [1.29, 1.82) is 0 Å². The number of hydrogen-bond acceptors (Lipinski definition) is 7. The molecular formula is C24H25ClN4O3S. The predicted octanol–water partition coefficient (Wildman–Crippen LogP) is 5.15. The van der Waals surface area contributed by atoms with Crippen LogP contribution in [0, 0.1) is 5.92 Å². The molecule has 172 valence electrons. The van der Waals surface area contributed by atoms with E-state index in [1.165, 1.54) is 7.11 Å². The van der Waals surface area contributed by atoms with Crippen molar-refractivity contribution in [2.75, 3.05) is 37.5 Å². The Balaban J connectivity index is 1.50. The summed E-state index contributed by atoms with van der Waals surface area (Å²) in [5.74, 6) is 1.48. The highest BCUT2D eigenvalue weighted by Crippen LogP contribution is 2.38. The zero-order valence-electron chi connectivity index (χ0n) is 18.5. The van der Waals surface area contributed by atoms with E-state index in [0.717, 1.165) is 35.1 Å². The highest BCUT2D eigenvalue weighted by Gasteiger charge is 2.29. The van der Waals surface area contributed by atoms with Crippen molar-refractivity contribution in [2.45, 2.75) is 22.8 Å². The number of halogens is 1. The Bertz CT molecular complexity index is 1120. The highest BCUT2D eigenvalue weighted by atomic mass is 35.5. The van der Waals surface area contributed by atoms with Gasteiger partial charge in [0.05, 0.1) is 25.2 Å². The molecule has 0 aliphatic carbocycles. The average molecular weight is 485 g/mol. The molecule has 1 aliphatic rings. The van der Waals surface area contributed by atoms with Crippen LogP contribution in [0.15, 0.2) is 64.8 Å². The molecule has 33 heavy (non-hydrogen) atoms. The smallest absolute Gasteiger partial charge is 0.229 e. The van der Waals surface area contributed by atoms with Crippen molar-refractivity contribution in [2.24, 2.45) is 5.92 Å². The minimum atomic E-state index is -0.224. The maximum absolute atomic E-state index is 13.2. The molecule has 1 saturated heterocycles. The summed E-state index contributed by atoms with van der Waals surface area (Å²) in [7, 11) is 3.08. The van der Waals surface area contributed by atoms with Gasteiger partial charge in [0.25, 0.3) is 0 Å². The van der Waals surface area contributed by atoms with E-state index in [4.69, 9.17) is 21.1 Å². The van der Waals surface area contributed by atoms with Crippen LogP contribution in [0.4, 0.5) is 11.5 Å². The summed E-state index contributed by atoms with van der Waals surface area (Å²) in [6.45, 7) is 1.36. The van der Waals surface area contributed by atoms with Crippen LogP contribution in [0.1, 0.15) is 12.8 Å². The normalized spacial score (nSPS) is 15.7. The third kappa shape index (κ3) is 5.51. The van der Waals surface area contributed by atoms with Crippen LogP contribution in [0.5, 0.6) is 11.5 Å². The predicted molar refractivity (Wildman–Crippen MR) is 131 cm³/mol. The summed E-state index contributed by atoms with van der Waals surface area (Å²) in [5, 5.41) is 4.15. The third-order valence-electron chi connectivity index (χ3n) is 5.43. The van der Waals surface area contributed by atoms with Crippen LogP contribution in [0.2, 0.25) is 5.02 Å². The Hall–Kier alpha value is -2.97. The number of nitrogens with zero attached hydrogens (tertiary/aromatic N) is 3. The van der Waals surface area contributed by atoms with Crippen LogP contribution in [0.3, 0.4) is 0 Å². The first-order valence-corrected chi connectivity index (χ1v) is 11.8. The second-order valence-corrected chi connectivity index (χ2v) is 9.03. The fourth-order valence-corrected chi connectivity index (χ4v) is 4.92. The van der Waals surface area contributed by atoms with Gasteiger partial charge in [-0.25, -0.2) is 9.97 Å². The number of amides is 1. The molecule has 1 aromatic heterocycles. The first-order chi connectivity index (χ1) is 16.1. The fraction of sp³-hybridized carbons (Fsp3) is 0.292. The van der Waals surface area contributed by atoms with E-state index in [-0.39, 0.29) is 11.8 Å². The molecule has 0 unspecified atom stereocenters. The van der Waals surface area contributed by atoms with Gasteiger partial charge < -0.3 is 19.7 Å². The lowest BCUT2D eigenvalue weighted by molar-refractivity contribution is -0.120. The minimum absolute atomic E-state index is 0.105. The van der Waals surface area contributed by atoms with Gasteiger partial charge in [-0.15, -0.1) is 0 Å². The van der Waals surface area contributed by atoms with Gasteiger partial charge in [-0.2, -0.15) is 0 Å². The number of piperidine rings is 1. The van der Waals surface area contributed by atoms with Crippen LogP contribution in [0.25, 0.3) is 0 Å². The lowest BCUT2D eigenvalue weighted by atomic mass is 9.97. The summed E-state index contributed by atoms with van der Waals surface area (Å²) in [4.78, 5) is 25.5. The second-order valence-electron chi connectivity index (χ2n) is 7.56. The van der Waals surface area contributed by atoms with Gasteiger partial charge >= 0.3 is 0 Å². The van der Waals surface area contributed by atoms with Crippen LogP contribution < -0.4 is 19.7 Å². The molecule has 7 nitrogen and oxygen atoms in total. The molecule has 0 spiro atoms. The van der Waals surface area contributed by atoms with Crippen molar-refractivity contribution >= 4 is 40.8 Å². The zero-order chi connectivity index (χ0) is 23.2. The Morgan fingerprint density at radius 2 is 1.94 bits per heavy atom. The van der Waals surface area contributed by atoms with Gasteiger partial charge in [0.1, 0.15) is 22.2 Å². The van der Waals surface area contributed by atoms with E-state index in [9.17, 15) is 4.79 Å². The number of aromatic nitrogens is 2. The van der Waals surface area contributed by atoms with Gasteiger partial charge in [0.15, 0.2) is 5.82 Å². The van der Waals surface area contributed by atoms with Crippen LogP contribution in [-0.2, 0) is 4.79 Å². The standard InChI is InChI=1S/C24H25ClN4O3S/c1-31-17-13-19(25)21(20(14-17)32-2)28-23(30)16-7-6-12-29(15-16)22-24(27-11-10-26-22)33-18-8-4-3-5-9-18/h3-5,8-11,13-14,16H,6-7,12,15H2,1-2H3,(H,28,30)/t16-/m1/s1. The van der Waals surface area contributed by atoms with E-state index >= 15 is 0 Å². The lowest BCUT2D eigenvalue weighted by Gasteiger charge is -2.33. The molecule has 1 fully saturated rings. The molecule has 2 heterocycles. The van der Waals surface area contributed by atoms with Gasteiger partial charge in [-0.3, -0.25) is 4.79 Å². The first-order valence-electron chi connectivity index (χ1n) is 10.6. The molecule has 1 atom stereocenters. The molecule has 2 aromatic carbocycles. The topological polar surface area (TPSA) is 76.6 Å². The maximum Gasteiger partial charge on any atom is 0.229 e. The lowest BCUT2D eigenvalue weighted by Crippen LogP contribution is -2.41. The van der Waals surface area contributed by atoms with Gasteiger partial charge in [0.2, 0.25) is 5.91 Å². The molecule has 9 heteroatoms. The molecular weight excluding hydrogens is 460 g/mol. The van der Waals surface area contributed by atoms with E-state index in [2.05, 4.69) is 20.2 Å². The second kappa shape index (κ2) is 10.8. The molecule has 0 saturated carbocycles. The summed E-state index contributed by atoms with van der Waals surface area (Å²) in [5.41, 5.74) is 0.446. The number of nitrogens with one attached hydrogen (secondary N) is 1. The number of benzene rings is 2.